The molecule has 0 heterocycles. The zero-order valence-electron chi connectivity index (χ0n) is 12.6. The SMILES string of the molecule is CCC(CC)CN(CC)Cc1cccc(OC)c1O. The van der Waals surface area contributed by atoms with Crippen molar-refractivity contribution < 1.29 is 9.84 Å². The van der Waals surface area contributed by atoms with Crippen molar-refractivity contribution in [2.45, 2.75) is 40.2 Å². The Morgan fingerprint density at radius 1 is 1.21 bits per heavy atom. The number of phenolic OH excluding ortho intramolecular Hbond substituents is 1. The predicted octanol–water partition coefficient (Wildman–Crippen LogP) is 3.66. The summed E-state index contributed by atoms with van der Waals surface area (Å²) in [5.74, 6) is 1.55. The molecule has 0 bridgehead atoms. The Morgan fingerprint density at radius 3 is 2.42 bits per heavy atom. The molecule has 1 N–H and O–H groups in total. The predicted molar refractivity (Wildman–Crippen MR) is 79.7 cm³/mol. The van der Waals surface area contributed by atoms with E-state index in [1.807, 2.05) is 12.1 Å². The molecule has 0 unspecified atom stereocenters. The Labute approximate surface area is 117 Å². The maximum absolute atomic E-state index is 10.1. The van der Waals surface area contributed by atoms with E-state index in [1.54, 1.807) is 13.2 Å². The van der Waals surface area contributed by atoms with Crippen molar-refractivity contribution in [3.05, 3.63) is 23.8 Å². The summed E-state index contributed by atoms with van der Waals surface area (Å²) in [4.78, 5) is 2.38. The lowest BCUT2D eigenvalue weighted by Crippen LogP contribution is -2.28. The number of hydrogen-bond donors (Lipinski definition) is 1. The van der Waals surface area contributed by atoms with Gasteiger partial charge in [-0.1, -0.05) is 45.7 Å². The maximum Gasteiger partial charge on any atom is 0.162 e. The molecule has 0 aliphatic rings. The lowest BCUT2D eigenvalue weighted by Gasteiger charge is -2.25. The molecule has 19 heavy (non-hydrogen) atoms. The first-order valence-electron chi connectivity index (χ1n) is 7.23. The summed E-state index contributed by atoms with van der Waals surface area (Å²) in [7, 11) is 1.58. The van der Waals surface area contributed by atoms with Gasteiger partial charge in [0.1, 0.15) is 0 Å². The molecule has 3 heteroatoms. The Kier molecular flexibility index (Phi) is 6.71. The molecule has 0 radical (unpaired) electrons. The number of rotatable bonds is 8. The van der Waals surface area contributed by atoms with Crippen LogP contribution in [0.3, 0.4) is 0 Å². The van der Waals surface area contributed by atoms with Crippen LogP contribution in [0.25, 0.3) is 0 Å². The minimum Gasteiger partial charge on any atom is -0.504 e. The quantitative estimate of drug-likeness (QED) is 0.778. The first-order valence-corrected chi connectivity index (χ1v) is 7.23. The van der Waals surface area contributed by atoms with Gasteiger partial charge in [-0.25, -0.2) is 0 Å². The van der Waals surface area contributed by atoms with Gasteiger partial charge in [0.05, 0.1) is 7.11 Å². The van der Waals surface area contributed by atoms with Crippen LogP contribution in [0, 0.1) is 5.92 Å². The summed E-state index contributed by atoms with van der Waals surface area (Å²) in [5, 5.41) is 10.1. The average Bonchev–Trinajstić information content (AvgIpc) is 2.45. The highest BCUT2D eigenvalue weighted by atomic mass is 16.5. The Hall–Kier alpha value is -1.22. The smallest absolute Gasteiger partial charge is 0.162 e. The summed E-state index contributed by atoms with van der Waals surface area (Å²) in [5.41, 5.74) is 0.937. The van der Waals surface area contributed by atoms with Gasteiger partial charge in [-0.2, -0.15) is 0 Å². The van der Waals surface area contributed by atoms with Gasteiger partial charge >= 0.3 is 0 Å². The highest BCUT2D eigenvalue weighted by Gasteiger charge is 2.14. The zero-order valence-corrected chi connectivity index (χ0v) is 12.6. The number of nitrogens with zero attached hydrogens (tertiary/aromatic N) is 1. The van der Waals surface area contributed by atoms with Crippen LogP contribution in [0.5, 0.6) is 11.5 Å². The molecular formula is C16H27NO2. The topological polar surface area (TPSA) is 32.7 Å². The Bertz CT molecular complexity index is 375. The molecule has 0 aliphatic heterocycles. The molecule has 3 nitrogen and oxygen atoms in total. The van der Waals surface area contributed by atoms with E-state index in [-0.39, 0.29) is 5.75 Å². The van der Waals surface area contributed by atoms with E-state index >= 15 is 0 Å². The second-order valence-corrected chi connectivity index (χ2v) is 4.98. The molecule has 0 aliphatic carbocycles. The highest BCUT2D eigenvalue weighted by molar-refractivity contribution is 5.45. The highest BCUT2D eigenvalue weighted by Crippen LogP contribution is 2.30. The van der Waals surface area contributed by atoms with Crippen LogP contribution in [-0.2, 0) is 6.54 Å². The molecule has 0 saturated carbocycles. The van der Waals surface area contributed by atoms with E-state index in [2.05, 4.69) is 25.7 Å². The fourth-order valence-corrected chi connectivity index (χ4v) is 2.32. The van der Waals surface area contributed by atoms with Crippen LogP contribution in [-0.4, -0.2) is 30.2 Å². The molecule has 0 saturated heterocycles. The summed E-state index contributed by atoms with van der Waals surface area (Å²) in [6, 6.07) is 5.68. The lowest BCUT2D eigenvalue weighted by molar-refractivity contribution is 0.223. The van der Waals surface area contributed by atoms with Crippen LogP contribution >= 0.6 is 0 Å². The molecule has 0 aromatic heterocycles. The second-order valence-electron chi connectivity index (χ2n) is 4.98. The van der Waals surface area contributed by atoms with Gasteiger partial charge in [0.2, 0.25) is 0 Å². The molecule has 0 amide bonds. The monoisotopic (exact) mass is 265 g/mol. The number of para-hydroxylation sites is 1. The third-order valence-corrected chi connectivity index (χ3v) is 3.81. The largest absolute Gasteiger partial charge is 0.504 e. The summed E-state index contributed by atoms with van der Waals surface area (Å²) in [6.45, 7) is 9.50. The minimum atomic E-state index is 0.271. The van der Waals surface area contributed by atoms with Crippen molar-refractivity contribution in [2.75, 3.05) is 20.2 Å². The average molecular weight is 265 g/mol. The number of ether oxygens (including phenoxy) is 1. The third kappa shape index (κ3) is 4.43. The van der Waals surface area contributed by atoms with Gasteiger partial charge in [0, 0.05) is 18.7 Å². The number of phenols is 1. The molecule has 108 valence electrons. The van der Waals surface area contributed by atoms with E-state index in [9.17, 15) is 5.11 Å². The van der Waals surface area contributed by atoms with E-state index in [0.717, 1.165) is 31.1 Å². The second kappa shape index (κ2) is 8.05. The third-order valence-electron chi connectivity index (χ3n) is 3.81. The Balaban J connectivity index is 2.75. The molecule has 0 spiro atoms. The van der Waals surface area contributed by atoms with Gasteiger partial charge in [-0.05, 0) is 18.5 Å². The summed E-state index contributed by atoms with van der Waals surface area (Å²) < 4.78 is 5.16. The van der Waals surface area contributed by atoms with Crippen LogP contribution in [0.2, 0.25) is 0 Å². The number of methoxy groups -OCH3 is 1. The number of aromatic hydroxyl groups is 1. The standard InChI is InChI=1S/C16H27NO2/c1-5-13(6-2)11-17(7-3)12-14-9-8-10-15(19-4)16(14)18/h8-10,13,18H,5-7,11-12H2,1-4H3. The summed E-state index contributed by atoms with van der Waals surface area (Å²) in [6.07, 6.45) is 2.41. The van der Waals surface area contributed by atoms with Crippen LogP contribution in [0.4, 0.5) is 0 Å². The first-order chi connectivity index (χ1) is 9.15. The van der Waals surface area contributed by atoms with Gasteiger partial charge in [-0.15, -0.1) is 0 Å². The molecule has 1 aromatic rings. The molecule has 1 rings (SSSR count). The van der Waals surface area contributed by atoms with Gasteiger partial charge in [0.25, 0.3) is 0 Å². The van der Waals surface area contributed by atoms with E-state index in [4.69, 9.17) is 4.74 Å². The van der Waals surface area contributed by atoms with Crippen LogP contribution < -0.4 is 4.74 Å². The first kappa shape index (κ1) is 15.8. The van der Waals surface area contributed by atoms with Gasteiger partial charge in [0.15, 0.2) is 11.5 Å². The fourth-order valence-electron chi connectivity index (χ4n) is 2.32. The van der Waals surface area contributed by atoms with Crippen molar-refractivity contribution in [1.29, 1.82) is 0 Å². The van der Waals surface area contributed by atoms with E-state index < -0.39 is 0 Å². The Morgan fingerprint density at radius 2 is 1.89 bits per heavy atom. The van der Waals surface area contributed by atoms with Crippen molar-refractivity contribution in [2.24, 2.45) is 5.92 Å². The summed E-state index contributed by atoms with van der Waals surface area (Å²) >= 11 is 0. The van der Waals surface area contributed by atoms with Crippen LogP contribution in [0.1, 0.15) is 39.2 Å². The van der Waals surface area contributed by atoms with Crippen molar-refractivity contribution in [3.63, 3.8) is 0 Å². The molecule has 1 aromatic carbocycles. The van der Waals surface area contributed by atoms with Crippen molar-refractivity contribution >= 4 is 0 Å². The zero-order chi connectivity index (χ0) is 14.3. The molecule has 0 atom stereocenters. The van der Waals surface area contributed by atoms with Gasteiger partial charge < -0.3 is 9.84 Å². The molecular weight excluding hydrogens is 238 g/mol. The van der Waals surface area contributed by atoms with E-state index in [0.29, 0.717) is 5.75 Å². The van der Waals surface area contributed by atoms with Crippen molar-refractivity contribution in [3.8, 4) is 11.5 Å². The van der Waals surface area contributed by atoms with E-state index in [1.165, 1.54) is 12.8 Å². The van der Waals surface area contributed by atoms with Crippen molar-refractivity contribution in [1.82, 2.24) is 4.90 Å². The lowest BCUT2D eigenvalue weighted by atomic mass is 10.0. The number of hydrogen-bond acceptors (Lipinski definition) is 3. The molecule has 0 fully saturated rings. The number of benzene rings is 1. The normalized spacial score (nSPS) is 11.3. The maximum atomic E-state index is 10.1. The van der Waals surface area contributed by atoms with Crippen LogP contribution in [0.15, 0.2) is 18.2 Å². The fraction of sp³-hybridized carbons (Fsp3) is 0.625. The van der Waals surface area contributed by atoms with Gasteiger partial charge in [-0.3, -0.25) is 4.90 Å². The minimum absolute atomic E-state index is 0.271.